The number of nitro groups is 1. The van der Waals surface area contributed by atoms with Crippen LogP contribution in [0, 0.1) is 23.0 Å². The van der Waals surface area contributed by atoms with Crippen LogP contribution in [0.25, 0.3) is 11.0 Å². The molecule has 1 aromatic carbocycles. The molecule has 2 fully saturated rings. The van der Waals surface area contributed by atoms with Gasteiger partial charge in [-0.3, -0.25) is 24.6 Å². The quantitative estimate of drug-likeness (QED) is 0.488. The Morgan fingerprint density at radius 1 is 1.15 bits per heavy atom. The summed E-state index contributed by atoms with van der Waals surface area (Å²) in [7, 11) is 0. The molecule has 1 aliphatic carbocycles. The molecule has 0 spiro atoms. The number of hydrogen-bond acceptors (Lipinski definition) is 5. The van der Waals surface area contributed by atoms with Crippen LogP contribution in [0.3, 0.4) is 0 Å². The third-order valence-electron chi connectivity index (χ3n) is 6.30. The molecule has 2 atom stereocenters. The zero-order valence-electron chi connectivity index (χ0n) is 15.4. The van der Waals surface area contributed by atoms with Crippen LogP contribution >= 0.6 is 0 Å². The molecule has 1 saturated heterocycles. The molecule has 0 bridgehead atoms. The van der Waals surface area contributed by atoms with Gasteiger partial charge in [0.25, 0.3) is 5.69 Å². The highest BCUT2D eigenvalue weighted by atomic mass is 16.6. The number of aromatic amines is 2. The first-order valence-electron chi connectivity index (χ1n) is 9.63. The van der Waals surface area contributed by atoms with E-state index in [1.807, 2.05) is 0 Å². The van der Waals surface area contributed by atoms with Gasteiger partial charge in [-0.1, -0.05) is 12.8 Å². The van der Waals surface area contributed by atoms with E-state index >= 15 is 0 Å². The highest BCUT2D eigenvalue weighted by molar-refractivity contribution is 5.82. The van der Waals surface area contributed by atoms with Crippen LogP contribution in [-0.4, -0.2) is 32.4 Å². The van der Waals surface area contributed by atoms with Crippen LogP contribution in [-0.2, 0) is 6.54 Å². The molecule has 2 unspecified atom stereocenters. The van der Waals surface area contributed by atoms with Crippen molar-refractivity contribution in [1.82, 2.24) is 14.9 Å². The summed E-state index contributed by atoms with van der Waals surface area (Å²) >= 11 is 0. The molecule has 27 heavy (non-hydrogen) atoms. The van der Waals surface area contributed by atoms with E-state index in [0.29, 0.717) is 35.1 Å². The summed E-state index contributed by atoms with van der Waals surface area (Å²) in [5, 5.41) is 11.5. The molecule has 2 aliphatic rings. The smallest absolute Gasteiger partial charge is 0.314 e. The van der Waals surface area contributed by atoms with Crippen LogP contribution in [0.15, 0.2) is 15.7 Å². The van der Waals surface area contributed by atoms with Crippen molar-refractivity contribution in [3.63, 3.8) is 0 Å². The Labute approximate surface area is 155 Å². The largest absolute Gasteiger partial charge is 0.316 e. The van der Waals surface area contributed by atoms with Gasteiger partial charge in [-0.2, -0.15) is 0 Å². The van der Waals surface area contributed by atoms with E-state index in [1.165, 1.54) is 31.7 Å². The summed E-state index contributed by atoms with van der Waals surface area (Å²) in [5.74, 6) is 0.691. The number of piperidine rings is 1. The van der Waals surface area contributed by atoms with Crippen molar-refractivity contribution in [2.45, 2.75) is 58.0 Å². The number of hydrogen-bond donors (Lipinski definition) is 2. The Bertz CT molecular complexity index is 1010. The number of aromatic nitrogens is 2. The van der Waals surface area contributed by atoms with Crippen LogP contribution in [0.4, 0.5) is 5.69 Å². The van der Waals surface area contributed by atoms with Gasteiger partial charge in [0.15, 0.2) is 0 Å². The predicted octanol–water partition coefficient (Wildman–Crippen LogP) is 2.59. The van der Waals surface area contributed by atoms with Crippen molar-refractivity contribution >= 4 is 16.7 Å². The normalized spacial score (nSPS) is 23.3. The van der Waals surface area contributed by atoms with E-state index in [9.17, 15) is 19.7 Å². The monoisotopic (exact) mass is 372 g/mol. The molecular weight excluding hydrogens is 348 g/mol. The minimum absolute atomic E-state index is 0.0302. The van der Waals surface area contributed by atoms with Gasteiger partial charge in [0.1, 0.15) is 0 Å². The Kier molecular flexibility index (Phi) is 4.59. The first-order chi connectivity index (χ1) is 13.0. The standard InChI is InChI=1S/C19H24N4O4/c1-11-13(10-22-8-4-6-12-5-2-3-7-15(12)22)17-14(9-16(11)23(26)27)20-18(24)19(25)21-17/h9,12,15H,2-8,10H2,1H3,(H,20,24)(H,21,25). The second-order valence-electron chi connectivity index (χ2n) is 7.81. The first kappa shape index (κ1) is 17.9. The average molecular weight is 372 g/mol. The van der Waals surface area contributed by atoms with Crippen molar-refractivity contribution in [2.24, 2.45) is 5.92 Å². The van der Waals surface area contributed by atoms with Crippen molar-refractivity contribution in [3.8, 4) is 0 Å². The van der Waals surface area contributed by atoms with Crippen LogP contribution < -0.4 is 11.1 Å². The molecule has 1 aliphatic heterocycles. The third kappa shape index (κ3) is 3.18. The van der Waals surface area contributed by atoms with Crippen molar-refractivity contribution in [1.29, 1.82) is 0 Å². The maximum atomic E-state index is 11.9. The first-order valence-corrected chi connectivity index (χ1v) is 9.63. The zero-order chi connectivity index (χ0) is 19.1. The van der Waals surface area contributed by atoms with Crippen molar-refractivity contribution in [3.05, 3.63) is 48.0 Å². The summed E-state index contributed by atoms with van der Waals surface area (Å²) in [4.78, 5) is 42.2. The lowest BCUT2D eigenvalue weighted by Gasteiger charge is -2.44. The van der Waals surface area contributed by atoms with Gasteiger partial charge in [-0.15, -0.1) is 0 Å². The molecule has 4 rings (SSSR count). The molecule has 2 heterocycles. The molecule has 0 amide bonds. The SMILES string of the molecule is Cc1c([N+](=O)[O-])cc2[nH]c(=O)c(=O)[nH]c2c1CN1CCCC2CCCCC21. The summed E-state index contributed by atoms with van der Waals surface area (Å²) in [5.41, 5.74) is 0.539. The Hall–Kier alpha value is -2.48. The average Bonchev–Trinajstić information content (AvgIpc) is 2.65. The number of nitrogens with zero attached hydrogens (tertiary/aromatic N) is 2. The summed E-state index contributed by atoms with van der Waals surface area (Å²) in [6.07, 6.45) is 7.28. The number of fused-ring (bicyclic) bond motifs is 2. The summed E-state index contributed by atoms with van der Waals surface area (Å²) in [6, 6.07) is 1.83. The fraction of sp³-hybridized carbons (Fsp3) is 0.579. The number of likely N-dealkylation sites (tertiary alicyclic amines) is 1. The van der Waals surface area contributed by atoms with Gasteiger partial charge in [-0.25, -0.2) is 0 Å². The Morgan fingerprint density at radius 2 is 1.85 bits per heavy atom. The molecule has 8 heteroatoms. The fourth-order valence-corrected chi connectivity index (χ4v) is 4.93. The van der Waals surface area contributed by atoms with E-state index in [4.69, 9.17) is 0 Å². The Morgan fingerprint density at radius 3 is 2.63 bits per heavy atom. The van der Waals surface area contributed by atoms with Gasteiger partial charge in [-0.05, 0) is 45.1 Å². The van der Waals surface area contributed by atoms with Gasteiger partial charge < -0.3 is 9.97 Å². The van der Waals surface area contributed by atoms with E-state index < -0.39 is 16.0 Å². The fourth-order valence-electron chi connectivity index (χ4n) is 4.93. The van der Waals surface area contributed by atoms with E-state index in [-0.39, 0.29) is 5.69 Å². The summed E-state index contributed by atoms with van der Waals surface area (Å²) in [6.45, 7) is 3.23. The molecule has 0 radical (unpaired) electrons. The van der Waals surface area contributed by atoms with Crippen molar-refractivity contribution < 1.29 is 4.92 Å². The molecule has 1 saturated carbocycles. The van der Waals surface area contributed by atoms with E-state index in [0.717, 1.165) is 24.9 Å². The number of rotatable bonds is 3. The minimum atomic E-state index is -0.795. The molecule has 2 aromatic rings. The Balaban J connectivity index is 1.83. The van der Waals surface area contributed by atoms with E-state index in [2.05, 4.69) is 14.9 Å². The molecular formula is C19H24N4O4. The van der Waals surface area contributed by atoms with Crippen LogP contribution in [0.2, 0.25) is 0 Å². The topological polar surface area (TPSA) is 112 Å². The molecule has 2 N–H and O–H groups in total. The van der Waals surface area contributed by atoms with Gasteiger partial charge >= 0.3 is 11.1 Å². The highest BCUT2D eigenvalue weighted by Gasteiger charge is 2.34. The van der Waals surface area contributed by atoms with E-state index in [1.54, 1.807) is 6.92 Å². The number of benzene rings is 1. The number of nitro benzene ring substituents is 1. The summed E-state index contributed by atoms with van der Waals surface area (Å²) < 4.78 is 0. The van der Waals surface area contributed by atoms with Gasteiger partial charge in [0, 0.05) is 29.8 Å². The highest BCUT2D eigenvalue weighted by Crippen LogP contribution is 2.37. The maximum Gasteiger partial charge on any atom is 0.314 e. The van der Waals surface area contributed by atoms with Gasteiger partial charge in [0.05, 0.1) is 16.0 Å². The third-order valence-corrected chi connectivity index (χ3v) is 6.30. The lowest BCUT2D eigenvalue weighted by Crippen LogP contribution is -2.46. The second-order valence-corrected chi connectivity index (χ2v) is 7.81. The maximum absolute atomic E-state index is 11.9. The molecule has 1 aromatic heterocycles. The minimum Gasteiger partial charge on any atom is -0.316 e. The second kappa shape index (κ2) is 6.92. The molecule has 8 nitrogen and oxygen atoms in total. The number of H-pyrrole nitrogens is 2. The lowest BCUT2D eigenvalue weighted by atomic mass is 9.78. The van der Waals surface area contributed by atoms with Crippen LogP contribution in [0.1, 0.15) is 49.7 Å². The molecule has 144 valence electrons. The lowest BCUT2D eigenvalue weighted by molar-refractivity contribution is -0.385. The van der Waals surface area contributed by atoms with Crippen molar-refractivity contribution in [2.75, 3.05) is 6.54 Å². The van der Waals surface area contributed by atoms with Crippen LogP contribution in [0.5, 0.6) is 0 Å². The predicted molar refractivity (Wildman–Crippen MR) is 102 cm³/mol. The zero-order valence-corrected chi connectivity index (χ0v) is 15.4. The van der Waals surface area contributed by atoms with Gasteiger partial charge in [0.2, 0.25) is 0 Å². The number of nitrogens with one attached hydrogen (secondary N) is 2.